The molecule has 0 unspecified atom stereocenters. The lowest BCUT2D eigenvalue weighted by molar-refractivity contribution is -0.120. The molecule has 1 aliphatic rings. The number of nitriles is 1. The van der Waals surface area contributed by atoms with E-state index in [0.717, 1.165) is 42.8 Å². The van der Waals surface area contributed by atoms with Crippen LogP contribution in [0.4, 0.5) is 5.00 Å². The van der Waals surface area contributed by atoms with Gasteiger partial charge in [-0.3, -0.25) is 9.69 Å². The molecule has 0 spiro atoms. The van der Waals surface area contributed by atoms with Crippen LogP contribution in [0.15, 0.2) is 16.5 Å². The average molecular weight is 372 g/mol. The Hall–Kier alpha value is -2.10. The maximum atomic E-state index is 12.7. The minimum absolute atomic E-state index is 0.0938. The Labute approximate surface area is 158 Å². The quantitative estimate of drug-likeness (QED) is 0.798. The van der Waals surface area contributed by atoms with Crippen molar-refractivity contribution in [1.82, 2.24) is 4.90 Å². The van der Waals surface area contributed by atoms with Gasteiger partial charge in [0.2, 0.25) is 5.91 Å². The Bertz CT molecular complexity index is 831. The lowest BCUT2D eigenvalue weighted by atomic mass is 10.1. The lowest BCUT2D eigenvalue weighted by Crippen LogP contribution is -2.39. The standard InChI is InChI=1S/C20H25N3O2S/c1-13-9-10-15(25-13)12-23(3)14(2)19(24)22-20-17(11-21)16-7-5-4-6-8-18(16)26-20/h9-10,14H,4-8,12H2,1-3H3,(H,22,24)/t14-/m0/s1. The molecule has 26 heavy (non-hydrogen) atoms. The van der Waals surface area contributed by atoms with Gasteiger partial charge in [0, 0.05) is 4.88 Å². The number of anilines is 1. The van der Waals surface area contributed by atoms with E-state index in [2.05, 4.69) is 11.4 Å². The smallest absolute Gasteiger partial charge is 0.242 e. The molecular weight excluding hydrogens is 346 g/mol. The fourth-order valence-electron chi connectivity index (χ4n) is 3.32. The first kappa shape index (κ1) is 18.7. The third-order valence-electron chi connectivity index (χ3n) is 5.01. The number of furan rings is 1. The molecule has 2 aromatic heterocycles. The highest BCUT2D eigenvalue weighted by atomic mass is 32.1. The fourth-order valence-corrected chi connectivity index (χ4v) is 4.56. The minimum Gasteiger partial charge on any atom is -0.465 e. The molecular formula is C20H25N3O2S. The van der Waals surface area contributed by atoms with Crippen molar-refractivity contribution >= 4 is 22.2 Å². The van der Waals surface area contributed by atoms with Crippen LogP contribution in [0.1, 0.15) is 53.7 Å². The summed E-state index contributed by atoms with van der Waals surface area (Å²) in [6.07, 6.45) is 5.44. The zero-order valence-corrected chi connectivity index (χ0v) is 16.4. The number of likely N-dealkylation sites (N-methyl/N-ethyl adjacent to an activating group) is 1. The molecule has 0 fully saturated rings. The summed E-state index contributed by atoms with van der Waals surface area (Å²) in [5, 5.41) is 13.3. The van der Waals surface area contributed by atoms with Crippen molar-refractivity contribution in [2.24, 2.45) is 0 Å². The molecule has 5 nitrogen and oxygen atoms in total. The van der Waals surface area contributed by atoms with Gasteiger partial charge in [0.25, 0.3) is 0 Å². The number of fused-ring (bicyclic) bond motifs is 1. The first-order valence-electron chi connectivity index (χ1n) is 9.10. The molecule has 138 valence electrons. The van der Waals surface area contributed by atoms with E-state index >= 15 is 0 Å². The highest BCUT2D eigenvalue weighted by Gasteiger charge is 2.24. The van der Waals surface area contributed by atoms with Crippen molar-refractivity contribution in [3.63, 3.8) is 0 Å². The summed E-state index contributed by atoms with van der Waals surface area (Å²) in [7, 11) is 1.90. The van der Waals surface area contributed by atoms with E-state index in [1.54, 1.807) is 11.3 Å². The predicted octanol–water partition coefficient (Wildman–Crippen LogP) is 4.25. The summed E-state index contributed by atoms with van der Waals surface area (Å²) in [4.78, 5) is 15.9. The number of nitrogens with one attached hydrogen (secondary N) is 1. The van der Waals surface area contributed by atoms with Gasteiger partial charge in [-0.1, -0.05) is 6.42 Å². The van der Waals surface area contributed by atoms with E-state index in [4.69, 9.17) is 4.42 Å². The van der Waals surface area contributed by atoms with Crippen molar-refractivity contribution in [3.8, 4) is 6.07 Å². The molecule has 0 aliphatic heterocycles. The van der Waals surface area contributed by atoms with E-state index in [0.29, 0.717) is 17.1 Å². The highest BCUT2D eigenvalue weighted by molar-refractivity contribution is 7.16. The Kier molecular flexibility index (Phi) is 5.80. The number of hydrogen-bond donors (Lipinski definition) is 1. The van der Waals surface area contributed by atoms with Crippen LogP contribution in [-0.2, 0) is 24.2 Å². The molecule has 1 atom stereocenters. The monoisotopic (exact) mass is 371 g/mol. The third kappa shape index (κ3) is 4.00. The van der Waals surface area contributed by atoms with Crippen molar-refractivity contribution in [3.05, 3.63) is 39.7 Å². The summed E-state index contributed by atoms with van der Waals surface area (Å²) in [6, 6.07) is 5.84. The largest absolute Gasteiger partial charge is 0.465 e. The Morgan fingerprint density at radius 3 is 2.85 bits per heavy atom. The van der Waals surface area contributed by atoms with Gasteiger partial charge in [0.15, 0.2) is 0 Å². The summed E-state index contributed by atoms with van der Waals surface area (Å²) < 4.78 is 5.59. The van der Waals surface area contributed by atoms with Crippen LogP contribution >= 0.6 is 11.3 Å². The van der Waals surface area contributed by atoms with E-state index in [-0.39, 0.29) is 11.9 Å². The molecule has 0 bridgehead atoms. The van der Waals surface area contributed by atoms with Gasteiger partial charge < -0.3 is 9.73 Å². The summed E-state index contributed by atoms with van der Waals surface area (Å²) in [6.45, 7) is 4.34. The van der Waals surface area contributed by atoms with Gasteiger partial charge >= 0.3 is 0 Å². The number of nitrogens with zero attached hydrogens (tertiary/aromatic N) is 2. The first-order chi connectivity index (χ1) is 12.5. The van der Waals surface area contributed by atoms with Crippen LogP contribution < -0.4 is 5.32 Å². The Morgan fingerprint density at radius 1 is 1.38 bits per heavy atom. The maximum Gasteiger partial charge on any atom is 0.242 e. The van der Waals surface area contributed by atoms with Crippen LogP contribution in [0, 0.1) is 18.3 Å². The van der Waals surface area contributed by atoms with E-state index in [1.807, 2.05) is 37.9 Å². The average Bonchev–Trinajstić information content (AvgIpc) is 3.08. The van der Waals surface area contributed by atoms with Crippen LogP contribution in [0.2, 0.25) is 0 Å². The molecule has 0 saturated carbocycles. The SMILES string of the molecule is Cc1ccc(CN(C)[C@@H](C)C(=O)Nc2sc3c(c2C#N)CCCCC3)o1. The first-order valence-corrected chi connectivity index (χ1v) is 9.92. The molecule has 1 amide bonds. The molecule has 1 N–H and O–H groups in total. The van der Waals surface area contributed by atoms with E-state index in [9.17, 15) is 10.1 Å². The van der Waals surface area contributed by atoms with Crippen molar-refractivity contribution < 1.29 is 9.21 Å². The van der Waals surface area contributed by atoms with Gasteiger partial charge in [0.1, 0.15) is 22.6 Å². The van der Waals surface area contributed by atoms with Crippen molar-refractivity contribution in [2.75, 3.05) is 12.4 Å². The second-order valence-corrected chi connectivity index (χ2v) is 8.08. The molecule has 2 heterocycles. The lowest BCUT2D eigenvalue weighted by Gasteiger charge is -2.22. The fraction of sp³-hybridized carbons (Fsp3) is 0.500. The molecule has 2 aromatic rings. The molecule has 0 radical (unpaired) electrons. The van der Waals surface area contributed by atoms with E-state index in [1.165, 1.54) is 11.3 Å². The number of carbonyl (C=O) groups is 1. The number of hydrogen-bond acceptors (Lipinski definition) is 5. The van der Waals surface area contributed by atoms with Gasteiger partial charge in [-0.25, -0.2) is 0 Å². The molecule has 0 aromatic carbocycles. The molecule has 0 saturated heterocycles. The van der Waals surface area contributed by atoms with Crippen LogP contribution in [0.3, 0.4) is 0 Å². The van der Waals surface area contributed by atoms with Crippen LogP contribution in [0.25, 0.3) is 0 Å². The summed E-state index contributed by atoms with van der Waals surface area (Å²) in [5.41, 5.74) is 1.81. The number of thiophene rings is 1. The summed E-state index contributed by atoms with van der Waals surface area (Å²) in [5.74, 6) is 1.61. The van der Waals surface area contributed by atoms with Crippen LogP contribution in [0.5, 0.6) is 0 Å². The van der Waals surface area contributed by atoms with Gasteiger partial charge in [-0.2, -0.15) is 5.26 Å². The normalized spacial score (nSPS) is 15.2. The topological polar surface area (TPSA) is 69.3 Å². The van der Waals surface area contributed by atoms with Crippen molar-refractivity contribution in [1.29, 1.82) is 5.26 Å². The Morgan fingerprint density at radius 2 is 2.15 bits per heavy atom. The maximum absolute atomic E-state index is 12.7. The third-order valence-corrected chi connectivity index (χ3v) is 6.22. The van der Waals surface area contributed by atoms with Gasteiger partial charge in [0.05, 0.1) is 18.2 Å². The Balaban J connectivity index is 1.70. The minimum atomic E-state index is -0.325. The molecule has 3 rings (SSSR count). The number of amides is 1. The van der Waals surface area contributed by atoms with Crippen molar-refractivity contribution in [2.45, 2.75) is 58.5 Å². The number of carbonyl (C=O) groups excluding carboxylic acids is 1. The number of rotatable bonds is 5. The zero-order chi connectivity index (χ0) is 18.7. The second kappa shape index (κ2) is 8.07. The van der Waals surface area contributed by atoms with Gasteiger partial charge in [-0.05, 0) is 64.3 Å². The molecule has 6 heteroatoms. The predicted molar refractivity (Wildman–Crippen MR) is 103 cm³/mol. The molecule has 1 aliphatic carbocycles. The zero-order valence-electron chi connectivity index (χ0n) is 15.6. The second-order valence-electron chi connectivity index (χ2n) is 6.97. The van der Waals surface area contributed by atoms with E-state index < -0.39 is 0 Å². The summed E-state index contributed by atoms with van der Waals surface area (Å²) >= 11 is 1.57. The van der Waals surface area contributed by atoms with Gasteiger partial charge in [-0.15, -0.1) is 11.3 Å². The highest BCUT2D eigenvalue weighted by Crippen LogP contribution is 2.37. The van der Waals surface area contributed by atoms with Crippen LogP contribution in [-0.4, -0.2) is 23.9 Å². The number of aryl methyl sites for hydroxylation is 2.